The van der Waals surface area contributed by atoms with Gasteiger partial charge in [0.25, 0.3) is 0 Å². The fraction of sp³-hybridized carbons (Fsp3) is 0.0270. The van der Waals surface area contributed by atoms with Gasteiger partial charge in [-0.3, -0.25) is 0 Å². The summed E-state index contributed by atoms with van der Waals surface area (Å²) < 4.78 is 0. The van der Waals surface area contributed by atoms with Crippen LogP contribution >= 0.6 is 0 Å². The molecule has 0 saturated heterocycles. The van der Waals surface area contributed by atoms with E-state index in [1.165, 1.54) is 49.7 Å². The van der Waals surface area contributed by atoms with Crippen LogP contribution in [0, 0.1) is 6.92 Å². The first-order chi connectivity index (χ1) is 19.1. The highest BCUT2D eigenvalue weighted by Gasteiger charge is 2.12. The molecule has 7 aromatic rings. The lowest BCUT2D eigenvalue weighted by Crippen LogP contribution is -1.93. The third-order valence-electron chi connectivity index (χ3n) is 7.73. The van der Waals surface area contributed by atoms with Crippen molar-refractivity contribution in [3.05, 3.63) is 139 Å². The number of anilines is 1. The van der Waals surface area contributed by atoms with Crippen LogP contribution in [0.1, 0.15) is 5.56 Å². The first kappa shape index (κ1) is 23.1. The summed E-state index contributed by atoms with van der Waals surface area (Å²) in [5.74, 6) is 0. The monoisotopic (exact) mass is 500 g/mol. The van der Waals surface area contributed by atoms with Crippen LogP contribution in [0.15, 0.2) is 133 Å². The molecule has 0 radical (unpaired) electrons. The van der Waals surface area contributed by atoms with Crippen LogP contribution < -0.4 is 5.73 Å². The van der Waals surface area contributed by atoms with Crippen molar-refractivity contribution in [1.82, 2.24) is 4.98 Å². The zero-order valence-corrected chi connectivity index (χ0v) is 21.8. The number of aryl methyl sites for hydroxylation is 1. The highest BCUT2D eigenvalue weighted by atomic mass is 14.7. The molecular weight excluding hydrogens is 472 g/mol. The van der Waals surface area contributed by atoms with E-state index in [-0.39, 0.29) is 0 Å². The van der Waals surface area contributed by atoms with Crippen LogP contribution in [-0.2, 0) is 0 Å². The maximum Gasteiger partial charge on any atom is 0.0465 e. The second-order valence-corrected chi connectivity index (χ2v) is 10.2. The standard InChI is InChI=1S/C37H28N2/c1-24-12-13-29(20-31(24)32-21-27(14-17-35(32)38)25-8-4-2-5-9-25)30-16-19-37-34(23-30)33-22-28(15-18-36(33)39-37)26-10-6-3-7-11-26/h2-23,39H,38H2,1H3. The number of hydrogen-bond acceptors (Lipinski definition) is 1. The molecule has 0 saturated carbocycles. The number of aromatic amines is 1. The van der Waals surface area contributed by atoms with E-state index in [2.05, 4.69) is 133 Å². The lowest BCUT2D eigenvalue weighted by Gasteiger charge is -2.14. The average molecular weight is 501 g/mol. The number of fused-ring (bicyclic) bond motifs is 3. The van der Waals surface area contributed by atoms with E-state index in [0.717, 1.165) is 27.8 Å². The van der Waals surface area contributed by atoms with Gasteiger partial charge in [-0.05, 0) is 93.9 Å². The van der Waals surface area contributed by atoms with Gasteiger partial charge >= 0.3 is 0 Å². The Kier molecular flexibility index (Phi) is 5.53. The van der Waals surface area contributed by atoms with Gasteiger partial charge in [0.2, 0.25) is 0 Å². The number of nitrogen functional groups attached to an aromatic ring is 1. The predicted molar refractivity (Wildman–Crippen MR) is 167 cm³/mol. The zero-order chi connectivity index (χ0) is 26.3. The minimum atomic E-state index is 0.787. The van der Waals surface area contributed by atoms with Gasteiger partial charge in [-0.25, -0.2) is 0 Å². The summed E-state index contributed by atoms with van der Waals surface area (Å²) in [5.41, 5.74) is 20.2. The van der Waals surface area contributed by atoms with E-state index in [4.69, 9.17) is 5.73 Å². The molecule has 0 aliphatic carbocycles. The molecule has 186 valence electrons. The third-order valence-corrected chi connectivity index (χ3v) is 7.73. The molecule has 0 bridgehead atoms. The third kappa shape index (κ3) is 4.17. The van der Waals surface area contributed by atoms with Gasteiger partial charge in [0.1, 0.15) is 0 Å². The summed E-state index contributed by atoms with van der Waals surface area (Å²) in [6.45, 7) is 2.15. The molecule has 2 heteroatoms. The van der Waals surface area contributed by atoms with Gasteiger partial charge in [-0.1, -0.05) is 91.0 Å². The maximum absolute atomic E-state index is 6.54. The summed E-state index contributed by atoms with van der Waals surface area (Å²) in [4.78, 5) is 3.59. The molecule has 6 aromatic carbocycles. The van der Waals surface area contributed by atoms with E-state index < -0.39 is 0 Å². The Bertz CT molecular complexity index is 1960. The SMILES string of the molecule is Cc1ccc(-c2ccc3[nH]c4ccc(-c5ccccc5)cc4c3c2)cc1-c1cc(-c2ccccc2)ccc1N. The highest BCUT2D eigenvalue weighted by Crippen LogP contribution is 2.37. The molecule has 0 aliphatic rings. The van der Waals surface area contributed by atoms with Gasteiger partial charge in [0, 0.05) is 33.1 Å². The van der Waals surface area contributed by atoms with E-state index in [0.29, 0.717) is 0 Å². The fourth-order valence-electron chi connectivity index (χ4n) is 5.58. The first-order valence-corrected chi connectivity index (χ1v) is 13.3. The molecule has 0 atom stereocenters. The summed E-state index contributed by atoms with van der Waals surface area (Å²) in [7, 11) is 0. The summed E-state index contributed by atoms with van der Waals surface area (Å²) in [6.07, 6.45) is 0. The Morgan fingerprint density at radius 1 is 0.436 bits per heavy atom. The van der Waals surface area contributed by atoms with Crippen LogP contribution in [0.2, 0.25) is 0 Å². The largest absolute Gasteiger partial charge is 0.398 e. The lowest BCUT2D eigenvalue weighted by molar-refractivity contribution is 1.45. The molecule has 1 aromatic heterocycles. The summed E-state index contributed by atoms with van der Waals surface area (Å²) in [6, 6.07) is 47.4. The Balaban J connectivity index is 1.34. The van der Waals surface area contributed by atoms with Crippen molar-refractivity contribution in [3.63, 3.8) is 0 Å². The number of aromatic nitrogens is 1. The number of benzene rings is 6. The second-order valence-electron chi connectivity index (χ2n) is 10.2. The van der Waals surface area contributed by atoms with Crippen molar-refractivity contribution in [3.8, 4) is 44.5 Å². The lowest BCUT2D eigenvalue weighted by atomic mass is 9.92. The van der Waals surface area contributed by atoms with E-state index in [1.54, 1.807) is 0 Å². The van der Waals surface area contributed by atoms with E-state index in [1.807, 2.05) is 12.1 Å². The van der Waals surface area contributed by atoms with Gasteiger partial charge in [-0.15, -0.1) is 0 Å². The van der Waals surface area contributed by atoms with Crippen LogP contribution in [0.3, 0.4) is 0 Å². The summed E-state index contributed by atoms with van der Waals surface area (Å²) in [5, 5.41) is 2.47. The predicted octanol–water partition coefficient (Wildman–Crippen LogP) is 9.88. The van der Waals surface area contributed by atoms with Crippen molar-refractivity contribution in [2.45, 2.75) is 6.92 Å². The van der Waals surface area contributed by atoms with Gasteiger partial charge < -0.3 is 10.7 Å². The molecule has 0 unspecified atom stereocenters. The minimum absolute atomic E-state index is 0.787. The molecule has 0 amide bonds. The molecular formula is C37H28N2. The van der Waals surface area contributed by atoms with Crippen LogP contribution in [0.25, 0.3) is 66.3 Å². The number of H-pyrrole nitrogens is 1. The van der Waals surface area contributed by atoms with Crippen molar-refractivity contribution in [2.75, 3.05) is 5.73 Å². The second kappa shape index (κ2) is 9.34. The van der Waals surface area contributed by atoms with E-state index >= 15 is 0 Å². The Hall–Kier alpha value is -5.08. The average Bonchev–Trinajstić information content (AvgIpc) is 3.36. The molecule has 3 N–H and O–H groups in total. The van der Waals surface area contributed by atoms with E-state index in [9.17, 15) is 0 Å². The topological polar surface area (TPSA) is 41.8 Å². The number of nitrogens with two attached hydrogens (primary N) is 1. The smallest absolute Gasteiger partial charge is 0.0465 e. The quantitative estimate of drug-likeness (QED) is 0.232. The Morgan fingerprint density at radius 3 is 1.51 bits per heavy atom. The Morgan fingerprint density at radius 2 is 0.897 bits per heavy atom. The molecule has 7 rings (SSSR count). The fourth-order valence-corrected chi connectivity index (χ4v) is 5.58. The van der Waals surface area contributed by atoms with Gasteiger partial charge in [-0.2, -0.15) is 0 Å². The number of hydrogen-bond donors (Lipinski definition) is 2. The van der Waals surface area contributed by atoms with Crippen LogP contribution in [0.5, 0.6) is 0 Å². The number of nitrogens with one attached hydrogen (secondary N) is 1. The van der Waals surface area contributed by atoms with Gasteiger partial charge in [0.05, 0.1) is 0 Å². The van der Waals surface area contributed by atoms with Crippen LogP contribution in [-0.4, -0.2) is 4.98 Å². The molecule has 0 fully saturated rings. The normalized spacial score (nSPS) is 11.3. The molecule has 0 aliphatic heterocycles. The van der Waals surface area contributed by atoms with Crippen molar-refractivity contribution in [1.29, 1.82) is 0 Å². The Labute approximate surface area is 228 Å². The summed E-state index contributed by atoms with van der Waals surface area (Å²) >= 11 is 0. The van der Waals surface area contributed by atoms with Crippen LogP contribution in [0.4, 0.5) is 5.69 Å². The molecule has 39 heavy (non-hydrogen) atoms. The number of rotatable bonds is 4. The maximum atomic E-state index is 6.54. The zero-order valence-electron chi connectivity index (χ0n) is 21.8. The molecule has 0 spiro atoms. The van der Waals surface area contributed by atoms with Gasteiger partial charge in [0.15, 0.2) is 0 Å². The molecule has 2 nitrogen and oxygen atoms in total. The molecule has 1 heterocycles. The van der Waals surface area contributed by atoms with Crippen molar-refractivity contribution in [2.24, 2.45) is 0 Å². The van der Waals surface area contributed by atoms with Crippen molar-refractivity contribution < 1.29 is 0 Å². The highest BCUT2D eigenvalue weighted by molar-refractivity contribution is 6.09. The first-order valence-electron chi connectivity index (χ1n) is 13.3. The minimum Gasteiger partial charge on any atom is -0.398 e. The van der Waals surface area contributed by atoms with Crippen molar-refractivity contribution >= 4 is 27.5 Å².